The second kappa shape index (κ2) is 5.49. The van der Waals surface area contributed by atoms with Crippen molar-refractivity contribution in [2.75, 3.05) is 19.6 Å². The van der Waals surface area contributed by atoms with Gasteiger partial charge in [0.25, 0.3) is 0 Å². The van der Waals surface area contributed by atoms with Gasteiger partial charge < -0.3 is 15.5 Å². The van der Waals surface area contributed by atoms with E-state index in [0.717, 1.165) is 19.4 Å². The first-order valence-corrected chi connectivity index (χ1v) is 6.53. The van der Waals surface area contributed by atoms with E-state index in [9.17, 15) is 9.59 Å². The van der Waals surface area contributed by atoms with Gasteiger partial charge in [-0.05, 0) is 25.8 Å². The maximum Gasteiger partial charge on any atom is 0.242 e. The third-order valence-electron chi connectivity index (χ3n) is 3.62. The molecule has 2 aliphatic rings. The molecule has 2 atom stereocenters. The van der Waals surface area contributed by atoms with Gasteiger partial charge in [-0.15, -0.1) is 0 Å². The maximum absolute atomic E-state index is 12.2. The Morgan fingerprint density at radius 3 is 2.94 bits per heavy atom. The zero-order valence-corrected chi connectivity index (χ0v) is 10.4. The van der Waals surface area contributed by atoms with Gasteiger partial charge in [-0.2, -0.15) is 0 Å². The number of carbonyl (C=O) groups excluding carboxylic acids is 2. The molecular weight excluding hydrogens is 218 g/mol. The molecule has 2 saturated heterocycles. The first-order chi connectivity index (χ1) is 8.22. The molecule has 96 valence electrons. The Morgan fingerprint density at radius 1 is 1.47 bits per heavy atom. The zero-order chi connectivity index (χ0) is 12.3. The van der Waals surface area contributed by atoms with E-state index in [4.69, 9.17) is 0 Å². The van der Waals surface area contributed by atoms with Gasteiger partial charge in [0.1, 0.15) is 6.04 Å². The molecule has 2 amide bonds. The van der Waals surface area contributed by atoms with Crippen LogP contribution in [0.3, 0.4) is 0 Å². The second-order valence-electron chi connectivity index (χ2n) is 4.80. The highest BCUT2D eigenvalue weighted by molar-refractivity contribution is 5.88. The van der Waals surface area contributed by atoms with Crippen molar-refractivity contribution < 1.29 is 9.59 Å². The number of nitrogens with one attached hydrogen (secondary N) is 2. The number of nitrogens with zero attached hydrogens (tertiary/aromatic N) is 1. The van der Waals surface area contributed by atoms with Gasteiger partial charge >= 0.3 is 0 Å². The fourth-order valence-corrected chi connectivity index (χ4v) is 2.68. The molecule has 2 fully saturated rings. The molecule has 2 N–H and O–H groups in total. The van der Waals surface area contributed by atoms with Crippen LogP contribution in [0, 0.1) is 0 Å². The van der Waals surface area contributed by atoms with Crippen molar-refractivity contribution in [3.05, 3.63) is 0 Å². The average Bonchev–Trinajstić information content (AvgIpc) is 2.81. The quantitative estimate of drug-likeness (QED) is 0.721. The molecule has 0 aromatic carbocycles. The number of hydrogen-bond acceptors (Lipinski definition) is 3. The van der Waals surface area contributed by atoms with Crippen LogP contribution < -0.4 is 10.6 Å². The number of rotatable bonds is 3. The van der Waals surface area contributed by atoms with Gasteiger partial charge in [0.2, 0.25) is 11.8 Å². The molecule has 2 unspecified atom stereocenters. The van der Waals surface area contributed by atoms with Crippen molar-refractivity contribution in [3.63, 3.8) is 0 Å². The largest absolute Gasteiger partial charge is 0.353 e. The van der Waals surface area contributed by atoms with Gasteiger partial charge in [0.15, 0.2) is 0 Å². The molecule has 0 bridgehead atoms. The monoisotopic (exact) mass is 239 g/mol. The molecule has 5 heteroatoms. The topological polar surface area (TPSA) is 61.4 Å². The lowest BCUT2D eigenvalue weighted by Gasteiger charge is -2.35. The summed E-state index contributed by atoms with van der Waals surface area (Å²) in [6.07, 6.45) is 3.44. The summed E-state index contributed by atoms with van der Waals surface area (Å²) in [4.78, 5) is 25.6. The molecule has 2 heterocycles. The lowest BCUT2D eigenvalue weighted by atomic mass is 10.1. The number of carbonyl (C=O) groups is 2. The van der Waals surface area contributed by atoms with Crippen LogP contribution in [0.25, 0.3) is 0 Å². The van der Waals surface area contributed by atoms with Crippen molar-refractivity contribution in [1.29, 1.82) is 0 Å². The van der Waals surface area contributed by atoms with E-state index in [1.165, 1.54) is 0 Å². The van der Waals surface area contributed by atoms with Gasteiger partial charge in [-0.25, -0.2) is 0 Å². The van der Waals surface area contributed by atoms with Crippen LogP contribution in [0.15, 0.2) is 0 Å². The van der Waals surface area contributed by atoms with Crippen molar-refractivity contribution in [3.8, 4) is 0 Å². The molecule has 0 aromatic heterocycles. The third-order valence-corrected chi connectivity index (χ3v) is 3.62. The Morgan fingerprint density at radius 2 is 2.29 bits per heavy atom. The normalized spacial score (nSPS) is 29.2. The van der Waals surface area contributed by atoms with Crippen LogP contribution in [0.4, 0.5) is 0 Å². The van der Waals surface area contributed by atoms with Crippen LogP contribution in [-0.4, -0.2) is 48.4 Å². The summed E-state index contributed by atoms with van der Waals surface area (Å²) in [6, 6.07) is 0.0441. The molecule has 5 nitrogen and oxygen atoms in total. The molecule has 0 radical (unpaired) electrons. The van der Waals surface area contributed by atoms with E-state index < -0.39 is 0 Å². The molecule has 0 aromatic rings. The van der Waals surface area contributed by atoms with Crippen molar-refractivity contribution >= 4 is 11.8 Å². The number of piperazine rings is 1. The van der Waals surface area contributed by atoms with E-state index >= 15 is 0 Å². The summed E-state index contributed by atoms with van der Waals surface area (Å²) in [6.45, 7) is 4.19. The van der Waals surface area contributed by atoms with E-state index in [1.54, 1.807) is 4.90 Å². The summed E-state index contributed by atoms with van der Waals surface area (Å²) in [5, 5.41) is 6.14. The number of hydrogen-bond donors (Lipinski definition) is 2. The standard InChI is InChI=1S/C12H21N3O2/c1-2-10-12(17)14-6-7-15(10)11(16)8-9-4-3-5-13-9/h9-10,13H,2-8H2,1H3,(H,14,17). The Labute approximate surface area is 102 Å². The summed E-state index contributed by atoms with van der Waals surface area (Å²) < 4.78 is 0. The Balaban J connectivity index is 1.94. The Hall–Kier alpha value is -1.10. The molecule has 2 aliphatic heterocycles. The van der Waals surface area contributed by atoms with Crippen LogP contribution in [-0.2, 0) is 9.59 Å². The number of amides is 2. The van der Waals surface area contributed by atoms with Crippen molar-refractivity contribution in [2.24, 2.45) is 0 Å². The fourth-order valence-electron chi connectivity index (χ4n) is 2.68. The minimum atomic E-state index is -0.266. The molecule has 0 spiro atoms. The Kier molecular flexibility index (Phi) is 3.99. The van der Waals surface area contributed by atoms with E-state index in [-0.39, 0.29) is 17.9 Å². The highest BCUT2D eigenvalue weighted by Crippen LogP contribution is 2.14. The SMILES string of the molecule is CCC1C(=O)NCCN1C(=O)CC1CCCN1. The zero-order valence-electron chi connectivity index (χ0n) is 10.4. The predicted octanol–water partition coefficient (Wildman–Crippen LogP) is -0.134. The van der Waals surface area contributed by atoms with E-state index in [2.05, 4.69) is 10.6 Å². The van der Waals surface area contributed by atoms with Crippen LogP contribution in [0.1, 0.15) is 32.6 Å². The van der Waals surface area contributed by atoms with Crippen LogP contribution in [0.2, 0.25) is 0 Å². The average molecular weight is 239 g/mol. The predicted molar refractivity (Wildman–Crippen MR) is 64.4 cm³/mol. The van der Waals surface area contributed by atoms with Gasteiger partial charge in [0.05, 0.1) is 0 Å². The molecule has 0 saturated carbocycles. The lowest BCUT2D eigenvalue weighted by molar-refractivity contribution is -0.143. The third kappa shape index (κ3) is 2.77. The summed E-state index contributed by atoms with van der Waals surface area (Å²) in [7, 11) is 0. The minimum absolute atomic E-state index is 0.00789. The van der Waals surface area contributed by atoms with E-state index in [1.807, 2.05) is 6.92 Å². The first-order valence-electron chi connectivity index (χ1n) is 6.53. The molecule has 2 rings (SSSR count). The van der Waals surface area contributed by atoms with Gasteiger partial charge in [-0.1, -0.05) is 6.92 Å². The van der Waals surface area contributed by atoms with Crippen LogP contribution >= 0.6 is 0 Å². The highest BCUT2D eigenvalue weighted by atomic mass is 16.2. The van der Waals surface area contributed by atoms with E-state index in [0.29, 0.717) is 32.0 Å². The molecule has 0 aliphatic carbocycles. The molecular formula is C12H21N3O2. The highest BCUT2D eigenvalue weighted by Gasteiger charge is 2.32. The summed E-state index contributed by atoms with van der Waals surface area (Å²) in [5.74, 6) is 0.109. The summed E-state index contributed by atoms with van der Waals surface area (Å²) in [5.41, 5.74) is 0. The minimum Gasteiger partial charge on any atom is -0.353 e. The maximum atomic E-state index is 12.2. The first kappa shape index (κ1) is 12.4. The lowest BCUT2D eigenvalue weighted by Crippen LogP contribution is -2.57. The van der Waals surface area contributed by atoms with Crippen molar-refractivity contribution in [1.82, 2.24) is 15.5 Å². The van der Waals surface area contributed by atoms with Crippen LogP contribution in [0.5, 0.6) is 0 Å². The molecule has 17 heavy (non-hydrogen) atoms. The van der Waals surface area contributed by atoms with Gasteiger partial charge in [0, 0.05) is 25.6 Å². The smallest absolute Gasteiger partial charge is 0.242 e. The second-order valence-corrected chi connectivity index (χ2v) is 4.80. The Bertz CT molecular complexity index is 300. The summed E-state index contributed by atoms with van der Waals surface area (Å²) >= 11 is 0. The van der Waals surface area contributed by atoms with Gasteiger partial charge in [-0.3, -0.25) is 9.59 Å². The van der Waals surface area contributed by atoms with Crippen molar-refractivity contribution in [2.45, 2.75) is 44.7 Å². The fraction of sp³-hybridized carbons (Fsp3) is 0.833.